The van der Waals surface area contributed by atoms with Crippen molar-refractivity contribution < 1.29 is 9.18 Å². The molecule has 0 bridgehead atoms. The molecule has 2 aromatic carbocycles. The van der Waals surface area contributed by atoms with Gasteiger partial charge in [-0.15, -0.1) is 5.10 Å². The van der Waals surface area contributed by atoms with E-state index in [0.717, 1.165) is 38.2 Å². The number of hydrogen-bond acceptors (Lipinski definition) is 5. The molecule has 1 aromatic heterocycles. The Bertz CT molecular complexity index is 1050. The first-order valence-electron chi connectivity index (χ1n) is 11.4. The molecule has 4 rings (SSSR count). The second-order valence-electron chi connectivity index (χ2n) is 8.56. The zero-order chi connectivity index (χ0) is 23.0. The van der Waals surface area contributed by atoms with Crippen LogP contribution in [0.3, 0.4) is 0 Å². The van der Waals surface area contributed by atoms with Crippen molar-refractivity contribution in [2.45, 2.75) is 32.6 Å². The topological polar surface area (TPSA) is 88.0 Å². The fourth-order valence-corrected chi connectivity index (χ4v) is 4.34. The molecule has 1 atom stereocenters. The smallest absolute Gasteiger partial charge is 0.319 e. The van der Waals surface area contributed by atoms with Crippen molar-refractivity contribution in [3.8, 4) is 5.69 Å². The summed E-state index contributed by atoms with van der Waals surface area (Å²) in [6, 6.07) is 14.0. The van der Waals surface area contributed by atoms with E-state index in [0.29, 0.717) is 24.0 Å². The number of likely N-dealkylation sites (tertiary alicyclic amines) is 1. The van der Waals surface area contributed by atoms with Gasteiger partial charge >= 0.3 is 6.03 Å². The highest BCUT2D eigenvalue weighted by molar-refractivity contribution is 5.89. The van der Waals surface area contributed by atoms with Gasteiger partial charge in [0.25, 0.3) is 0 Å². The van der Waals surface area contributed by atoms with Gasteiger partial charge in [0, 0.05) is 18.8 Å². The monoisotopic (exact) mass is 451 g/mol. The van der Waals surface area contributed by atoms with Crippen LogP contribution in [-0.4, -0.2) is 57.3 Å². The zero-order valence-electron chi connectivity index (χ0n) is 18.9. The van der Waals surface area contributed by atoms with Crippen LogP contribution in [0.25, 0.3) is 5.69 Å². The largest absolute Gasteiger partial charge is 0.338 e. The van der Waals surface area contributed by atoms with Gasteiger partial charge in [0.2, 0.25) is 0 Å². The van der Waals surface area contributed by atoms with Crippen LogP contribution in [0.2, 0.25) is 0 Å². The summed E-state index contributed by atoms with van der Waals surface area (Å²) in [5.74, 6) is 1.08. The molecule has 1 saturated heterocycles. The molecule has 0 radical (unpaired) electrons. The van der Waals surface area contributed by atoms with Gasteiger partial charge in [-0.25, -0.2) is 9.18 Å². The lowest BCUT2D eigenvalue weighted by molar-refractivity contribution is 0.172. The highest BCUT2D eigenvalue weighted by Crippen LogP contribution is 2.21. The lowest BCUT2D eigenvalue weighted by atomic mass is 9.91. The van der Waals surface area contributed by atoms with Gasteiger partial charge < -0.3 is 15.5 Å². The predicted molar refractivity (Wildman–Crippen MR) is 125 cm³/mol. The Balaban J connectivity index is 1.17. The molecule has 2 amide bonds. The Kier molecular flexibility index (Phi) is 7.62. The van der Waals surface area contributed by atoms with Crippen LogP contribution >= 0.6 is 0 Å². The van der Waals surface area contributed by atoms with Gasteiger partial charge in [0.15, 0.2) is 5.82 Å². The minimum atomic E-state index is -0.228. The number of piperidine rings is 1. The molecule has 0 aliphatic carbocycles. The lowest BCUT2D eigenvalue weighted by Crippen LogP contribution is -2.38. The molecule has 174 valence electrons. The number of anilines is 1. The van der Waals surface area contributed by atoms with Gasteiger partial charge in [-0.1, -0.05) is 18.2 Å². The van der Waals surface area contributed by atoms with Crippen molar-refractivity contribution in [2.24, 2.45) is 5.92 Å². The van der Waals surface area contributed by atoms with Crippen molar-refractivity contribution in [1.82, 2.24) is 30.4 Å². The standard InChI is InChI=1S/C24H30FN7O/c1-18-28-29-30-32(18)23-7-2-6-22(16-23)27-24(33)26-12-4-14-31-13-3-5-20(17-31)15-19-8-10-21(25)11-9-19/h2,6-11,16,20H,3-5,12-15,17H2,1H3,(H2,26,27,33)/t20-/m0/s1. The molecule has 1 fully saturated rings. The second-order valence-corrected chi connectivity index (χ2v) is 8.56. The maximum absolute atomic E-state index is 13.1. The summed E-state index contributed by atoms with van der Waals surface area (Å²) in [5, 5.41) is 17.3. The van der Waals surface area contributed by atoms with Gasteiger partial charge in [0.1, 0.15) is 5.82 Å². The Morgan fingerprint density at radius 2 is 2.06 bits per heavy atom. The number of benzene rings is 2. The van der Waals surface area contributed by atoms with Crippen molar-refractivity contribution >= 4 is 11.7 Å². The number of rotatable bonds is 8. The van der Waals surface area contributed by atoms with E-state index in [4.69, 9.17) is 0 Å². The first-order valence-corrected chi connectivity index (χ1v) is 11.4. The normalized spacial score (nSPS) is 16.5. The van der Waals surface area contributed by atoms with E-state index in [1.165, 1.54) is 30.5 Å². The number of carbonyl (C=O) groups excluding carboxylic acids is 1. The van der Waals surface area contributed by atoms with Crippen molar-refractivity contribution in [3.63, 3.8) is 0 Å². The quantitative estimate of drug-likeness (QED) is 0.511. The molecule has 3 aromatic rings. The molecule has 1 aliphatic rings. The number of carbonyl (C=O) groups is 1. The van der Waals surface area contributed by atoms with Crippen LogP contribution in [0.1, 0.15) is 30.7 Å². The van der Waals surface area contributed by atoms with E-state index in [1.54, 1.807) is 4.68 Å². The molecule has 0 saturated carbocycles. The Morgan fingerprint density at radius 1 is 1.21 bits per heavy atom. The average molecular weight is 452 g/mol. The van der Waals surface area contributed by atoms with Crippen molar-refractivity contribution in [3.05, 3.63) is 65.7 Å². The maximum atomic E-state index is 13.1. The number of aryl methyl sites for hydroxylation is 1. The molecule has 1 aliphatic heterocycles. The molecule has 0 unspecified atom stereocenters. The highest BCUT2D eigenvalue weighted by atomic mass is 19.1. The molecular weight excluding hydrogens is 421 g/mol. The summed E-state index contributed by atoms with van der Waals surface area (Å²) in [5.41, 5.74) is 2.66. The summed E-state index contributed by atoms with van der Waals surface area (Å²) in [6.07, 6.45) is 4.26. The van der Waals surface area contributed by atoms with E-state index in [2.05, 4.69) is 31.1 Å². The van der Waals surface area contributed by atoms with E-state index in [1.807, 2.05) is 43.3 Å². The average Bonchev–Trinajstić information content (AvgIpc) is 3.25. The maximum Gasteiger partial charge on any atom is 0.319 e. The van der Waals surface area contributed by atoms with Gasteiger partial charge in [-0.3, -0.25) is 0 Å². The third kappa shape index (κ3) is 6.58. The number of aromatic nitrogens is 4. The number of halogens is 1. The number of tetrazole rings is 1. The number of amides is 2. The number of urea groups is 1. The van der Waals surface area contributed by atoms with Crippen LogP contribution in [0.4, 0.5) is 14.9 Å². The molecule has 2 heterocycles. The highest BCUT2D eigenvalue weighted by Gasteiger charge is 2.20. The van der Waals surface area contributed by atoms with Crippen molar-refractivity contribution in [1.29, 1.82) is 0 Å². The minimum Gasteiger partial charge on any atom is -0.338 e. The fraction of sp³-hybridized carbons (Fsp3) is 0.417. The molecular formula is C24H30FN7O. The van der Waals surface area contributed by atoms with E-state index < -0.39 is 0 Å². The Hall–Kier alpha value is -3.33. The summed E-state index contributed by atoms with van der Waals surface area (Å²) >= 11 is 0. The summed E-state index contributed by atoms with van der Waals surface area (Å²) < 4.78 is 14.7. The van der Waals surface area contributed by atoms with Crippen LogP contribution in [0.5, 0.6) is 0 Å². The fourth-order valence-electron chi connectivity index (χ4n) is 4.34. The SMILES string of the molecule is Cc1nnnn1-c1cccc(NC(=O)NCCCN2CCC[C@@H](Cc3ccc(F)cc3)C2)c1. The first-order chi connectivity index (χ1) is 16.1. The summed E-state index contributed by atoms with van der Waals surface area (Å²) in [7, 11) is 0. The number of nitrogens with zero attached hydrogens (tertiary/aromatic N) is 5. The third-order valence-electron chi connectivity index (χ3n) is 5.95. The van der Waals surface area contributed by atoms with Gasteiger partial charge in [-0.2, -0.15) is 4.68 Å². The molecule has 33 heavy (non-hydrogen) atoms. The van der Waals surface area contributed by atoms with Crippen LogP contribution in [0.15, 0.2) is 48.5 Å². The molecule has 0 spiro atoms. The lowest BCUT2D eigenvalue weighted by Gasteiger charge is -2.32. The summed E-state index contributed by atoms with van der Waals surface area (Å²) in [4.78, 5) is 14.8. The molecule has 2 N–H and O–H groups in total. The van der Waals surface area contributed by atoms with Crippen LogP contribution in [-0.2, 0) is 6.42 Å². The predicted octanol–water partition coefficient (Wildman–Crippen LogP) is 3.58. The van der Waals surface area contributed by atoms with E-state index >= 15 is 0 Å². The third-order valence-corrected chi connectivity index (χ3v) is 5.95. The minimum absolute atomic E-state index is 0.184. The first kappa shape index (κ1) is 22.8. The van der Waals surface area contributed by atoms with Crippen LogP contribution in [0, 0.1) is 18.7 Å². The second kappa shape index (κ2) is 11.0. The van der Waals surface area contributed by atoms with E-state index in [-0.39, 0.29) is 11.8 Å². The summed E-state index contributed by atoms with van der Waals surface area (Å²) in [6.45, 7) is 5.52. The van der Waals surface area contributed by atoms with Crippen molar-refractivity contribution in [2.75, 3.05) is 31.5 Å². The Labute approximate surface area is 193 Å². The van der Waals surface area contributed by atoms with Gasteiger partial charge in [0.05, 0.1) is 5.69 Å². The van der Waals surface area contributed by atoms with Crippen LogP contribution < -0.4 is 10.6 Å². The van der Waals surface area contributed by atoms with E-state index in [9.17, 15) is 9.18 Å². The number of hydrogen-bond donors (Lipinski definition) is 2. The van der Waals surface area contributed by atoms with Gasteiger partial charge in [-0.05, 0) is 97.9 Å². The zero-order valence-corrected chi connectivity index (χ0v) is 18.9. The molecule has 9 heteroatoms. The Morgan fingerprint density at radius 3 is 2.85 bits per heavy atom. The molecule has 8 nitrogen and oxygen atoms in total. The number of nitrogens with one attached hydrogen (secondary N) is 2.